The van der Waals surface area contributed by atoms with Gasteiger partial charge in [-0.2, -0.15) is 0 Å². The Morgan fingerprint density at radius 3 is 2.83 bits per heavy atom. The van der Waals surface area contributed by atoms with Gasteiger partial charge in [-0.3, -0.25) is 18.9 Å². The fourth-order valence-electron chi connectivity index (χ4n) is 2.81. The minimum absolute atomic E-state index is 0.00383. The molecule has 154 valence electrons. The maximum Gasteiger partial charge on any atom is 0.303 e. The number of amides is 1. The first-order valence-corrected chi connectivity index (χ1v) is 12.1. The zero-order valence-electron chi connectivity index (χ0n) is 15.3. The third kappa shape index (κ3) is 4.57. The van der Waals surface area contributed by atoms with Crippen molar-refractivity contribution in [2.45, 2.75) is 22.8 Å². The maximum atomic E-state index is 12.9. The van der Waals surface area contributed by atoms with Crippen LogP contribution in [0.5, 0.6) is 0 Å². The van der Waals surface area contributed by atoms with Gasteiger partial charge in [0, 0.05) is 34.5 Å². The first-order chi connectivity index (χ1) is 14.4. The second kappa shape index (κ2) is 9.11. The summed E-state index contributed by atoms with van der Waals surface area (Å²) in [7, 11) is 0. The van der Waals surface area contributed by atoms with Gasteiger partial charge in [0.05, 0.1) is 10.6 Å². The van der Waals surface area contributed by atoms with Crippen LogP contribution in [0.1, 0.15) is 18.5 Å². The molecule has 1 fully saturated rings. The van der Waals surface area contributed by atoms with Crippen molar-refractivity contribution in [2.75, 3.05) is 6.54 Å². The maximum absolute atomic E-state index is 12.9. The molecule has 1 amide bonds. The lowest BCUT2D eigenvalue weighted by Gasteiger charge is -2.13. The quantitative estimate of drug-likeness (QED) is 0.353. The lowest BCUT2D eigenvalue weighted by atomic mass is 10.3. The van der Waals surface area contributed by atoms with Crippen molar-refractivity contribution < 1.29 is 14.7 Å². The lowest BCUT2D eigenvalue weighted by Crippen LogP contribution is -2.29. The van der Waals surface area contributed by atoms with Crippen LogP contribution in [0.15, 0.2) is 50.7 Å². The number of thioether (sulfide) groups is 1. The standard InChI is InChI=1S/C19H14ClN3O3S4/c20-11-3-5-12(6-4-11)29-16-13(22-8-9-28-18(22)21-16)10-14-17(26)23(19(27)30-14)7-1-2-15(24)25/h3-6,8-10H,1-2,7H2,(H,24,25)/b14-10+. The molecule has 11 heteroatoms. The van der Waals surface area contributed by atoms with Gasteiger partial charge in [-0.1, -0.05) is 47.3 Å². The Hall–Kier alpha value is -1.85. The van der Waals surface area contributed by atoms with Gasteiger partial charge in [0.25, 0.3) is 5.91 Å². The Morgan fingerprint density at radius 1 is 1.33 bits per heavy atom. The van der Waals surface area contributed by atoms with Gasteiger partial charge in [0.15, 0.2) is 4.96 Å². The molecular weight excluding hydrogens is 482 g/mol. The van der Waals surface area contributed by atoms with Crippen LogP contribution >= 0.6 is 58.7 Å². The third-order valence-electron chi connectivity index (χ3n) is 4.21. The predicted molar refractivity (Wildman–Crippen MR) is 125 cm³/mol. The highest BCUT2D eigenvalue weighted by Crippen LogP contribution is 2.37. The molecule has 0 spiro atoms. The normalized spacial score (nSPS) is 15.6. The summed E-state index contributed by atoms with van der Waals surface area (Å²) in [6.45, 7) is 0.293. The number of nitrogens with zero attached hydrogens (tertiary/aromatic N) is 3. The van der Waals surface area contributed by atoms with E-state index in [0.29, 0.717) is 27.2 Å². The van der Waals surface area contributed by atoms with E-state index in [4.69, 9.17) is 33.9 Å². The SMILES string of the molecule is O=C(O)CCCN1C(=O)/C(=C\c2c(Sc3ccc(Cl)cc3)nc3sccn23)SC1=S. The van der Waals surface area contributed by atoms with E-state index in [1.807, 2.05) is 46.3 Å². The van der Waals surface area contributed by atoms with E-state index >= 15 is 0 Å². The Bertz CT molecular complexity index is 1170. The molecule has 1 aromatic carbocycles. The fraction of sp³-hybridized carbons (Fsp3) is 0.158. The van der Waals surface area contributed by atoms with E-state index in [9.17, 15) is 9.59 Å². The second-order valence-electron chi connectivity index (χ2n) is 6.24. The van der Waals surface area contributed by atoms with Crippen molar-refractivity contribution >= 4 is 85.9 Å². The number of imidazole rings is 1. The van der Waals surface area contributed by atoms with Gasteiger partial charge in [0.2, 0.25) is 0 Å². The smallest absolute Gasteiger partial charge is 0.303 e. The zero-order chi connectivity index (χ0) is 21.3. The first-order valence-electron chi connectivity index (χ1n) is 8.78. The van der Waals surface area contributed by atoms with Crippen LogP contribution in [-0.4, -0.2) is 42.1 Å². The van der Waals surface area contributed by atoms with Crippen LogP contribution in [0.4, 0.5) is 0 Å². The van der Waals surface area contributed by atoms with Crippen LogP contribution < -0.4 is 0 Å². The molecule has 1 aliphatic heterocycles. The number of fused-ring (bicyclic) bond motifs is 1. The van der Waals surface area contributed by atoms with Crippen LogP contribution in [0.3, 0.4) is 0 Å². The highest BCUT2D eigenvalue weighted by Gasteiger charge is 2.32. The second-order valence-corrected chi connectivity index (χ2v) is 10.3. The predicted octanol–water partition coefficient (Wildman–Crippen LogP) is 5.27. The molecule has 0 aliphatic carbocycles. The number of thiocarbonyl (C=S) groups is 1. The molecule has 4 rings (SSSR count). The van der Waals surface area contributed by atoms with Gasteiger partial charge >= 0.3 is 5.97 Å². The molecular formula is C19H14ClN3O3S4. The third-order valence-corrected chi connectivity index (χ3v) is 7.60. The van der Waals surface area contributed by atoms with Crippen molar-refractivity contribution in [3.05, 3.63) is 51.5 Å². The van der Waals surface area contributed by atoms with E-state index < -0.39 is 5.97 Å². The Kier molecular flexibility index (Phi) is 6.49. The van der Waals surface area contributed by atoms with Crippen molar-refractivity contribution in [1.82, 2.24) is 14.3 Å². The summed E-state index contributed by atoms with van der Waals surface area (Å²) in [4.78, 5) is 32.1. The van der Waals surface area contributed by atoms with Crippen LogP contribution in [-0.2, 0) is 9.59 Å². The average molecular weight is 496 g/mol. The summed E-state index contributed by atoms with van der Waals surface area (Å²) >= 11 is 15.6. The van der Waals surface area contributed by atoms with Gasteiger partial charge in [-0.15, -0.1) is 11.3 Å². The zero-order valence-corrected chi connectivity index (χ0v) is 19.3. The number of hydrogen-bond donors (Lipinski definition) is 1. The number of thiazole rings is 1. The van der Waals surface area contributed by atoms with E-state index in [1.165, 1.54) is 39.8 Å². The molecule has 1 saturated heterocycles. The number of carbonyl (C=O) groups is 2. The highest BCUT2D eigenvalue weighted by molar-refractivity contribution is 8.26. The Labute approximate surface area is 194 Å². The van der Waals surface area contributed by atoms with E-state index in [-0.39, 0.29) is 12.3 Å². The highest BCUT2D eigenvalue weighted by atomic mass is 35.5. The van der Waals surface area contributed by atoms with Crippen molar-refractivity contribution in [2.24, 2.45) is 0 Å². The summed E-state index contributed by atoms with van der Waals surface area (Å²) < 4.78 is 2.38. The number of hydrogen-bond acceptors (Lipinski definition) is 7. The largest absolute Gasteiger partial charge is 0.481 e. The Morgan fingerprint density at radius 2 is 2.10 bits per heavy atom. The minimum Gasteiger partial charge on any atom is -0.481 e. The lowest BCUT2D eigenvalue weighted by molar-refractivity contribution is -0.137. The fourth-order valence-corrected chi connectivity index (χ4v) is 5.89. The number of aliphatic carboxylic acids is 1. The molecule has 0 radical (unpaired) electrons. The number of carbonyl (C=O) groups excluding carboxylic acids is 1. The molecule has 0 unspecified atom stereocenters. The van der Waals surface area contributed by atoms with Gasteiger partial charge in [-0.05, 0) is 36.8 Å². The van der Waals surface area contributed by atoms with E-state index in [0.717, 1.165) is 20.6 Å². The molecule has 30 heavy (non-hydrogen) atoms. The first kappa shape index (κ1) is 21.4. The summed E-state index contributed by atoms with van der Waals surface area (Å²) in [6, 6.07) is 7.49. The molecule has 1 N–H and O–H groups in total. The molecule has 0 saturated carbocycles. The monoisotopic (exact) mass is 495 g/mol. The number of carboxylic acids is 1. The number of rotatable bonds is 7. The van der Waals surface area contributed by atoms with E-state index in [2.05, 4.69) is 0 Å². The van der Waals surface area contributed by atoms with Gasteiger partial charge in [-0.25, -0.2) is 4.98 Å². The molecule has 0 atom stereocenters. The van der Waals surface area contributed by atoms with Crippen molar-refractivity contribution in [3.63, 3.8) is 0 Å². The van der Waals surface area contributed by atoms with Crippen LogP contribution in [0, 0.1) is 0 Å². The molecule has 0 bridgehead atoms. The topological polar surface area (TPSA) is 74.9 Å². The average Bonchev–Trinajstić information content (AvgIpc) is 3.35. The van der Waals surface area contributed by atoms with Crippen LogP contribution in [0.2, 0.25) is 5.02 Å². The molecule has 6 nitrogen and oxygen atoms in total. The molecule has 2 aromatic heterocycles. The number of halogens is 1. The summed E-state index contributed by atoms with van der Waals surface area (Å²) in [5.74, 6) is -1.10. The van der Waals surface area contributed by atoms with Crippen LogP contribution in [0.25, 0.3) is 11.0 Å². The number of benzene rings is 1. The number of carboxylic acid groups (broad SMARTS) is 1. The number of aromatic nitrogens is 2. The summed E-state index contributed by atoms with van der Waals surface area (Å²) in [6.07, 6.45) is 4.07. The van der Waals surface area contributed by atoms with Gasteiger partial charge < -0.3 is 5.11 Å². The van der Waals surface area contributed by atoms with E-state index in [1.54, 1.807) is 0 Å². The minimum atomic E-state index is -0.890. The summed E-state index contributed by atoms with van der Waals surface area (Å²) in [5.41, 5.74) is 0.803. The van der Waals surface area contributed by atoms with Crippen molar-refractivity contribution in [1.29, 1.82) is 0 Å². The molecule has 3 heterocycles. The molecule has 1 aliphatic rings. The molecule has 3 aromatic rings. The Balaban J connectivity index is 1.62. The van der Waals surface area contributed by atoms with Crippen molar-refractivity contribution in [3.8, 4) is 0 Å². The summed E-state index contributed by atoms with van der Waals surface area (Å²) in [5, 5.41) is 12.2. The van der Waals surface area contributed by atoms with Gasteiger partial charge in [0.1, 0.15) is 9.35 Å².